The van der Waals surface area contributed by atoms with E-state index in [1.165, 1.54) is 12.8 Å². The Morgan fingerprint density at radius 2 is 2.29 bits per heavy atom. The number of piperidine rings is 1. The highest BCUT2D eigenvalue weighted by atomic mass is 15.2. The van der Waals surface area contributed by atoms with Gasteiger partial charge in [-0.2, -0.15) is 5.26 Å². The first-order valence-electron chi connectivity index (χ1n) is 6.07. The van der Waals surface area contributed by atoms with Crippen molar-refractivity contribution in [2.75, 3.05) is 31.6 Å². The third-order valence-corrected chi connectivity index (χ3v) is 3.26. The molecule has 1 aliphatic heterocycles. The minimum absolute atomic E-state index is 0.673. The van der Waals surface area contributed by atoms with E-state index in [1.807, 2.05) is 13.1 Å². The van der Waals surface area contributed by atoms with Crippen LogP contribution in [0.25, 0.3) is 0 Å². The van der Waals surface area contributed by atoms with Crippen LogP contribution in [0.1, 0.15) is 18.4 Å². The summed E-state index contributed by atoms with van der Waals surface area (Å²) in [6, 6.07) is 5.74. The summed E-state index contributed by atoms with van der Waals surface area (Å²) in [5.74, 6) is 1.62. The van der Waals surface area contributed by atoms with E-state index < -0.39 is 0 Å². The molecule has 0 aliphatic carbocycles. The smallest absolute Gasteiger partial charge is 0.129 e. The van der Waals surface area contributed by atoms with Crippen molar-refractivity contribution in [1.82, 2.24) is 10.3 Å². The number of hydrogen-bond donors (Lipinski definition) is 1. The summed E-state index contributed by atoms with van der Waals surface area (Å²) in [5, 5.41) is 12.2. The van der Waals surface area contributed by atoms with Crippen molar-refractivity contribution in [1.29, 1.82) is 5.26 Å². The monoisotopic (exact) mass is 230 g/mol. The maximum atomic E-state index is 8.86. The maximum absolute atomic E-state index is 8.86. The average molecular weight is 230 g/mol. The van der Waals surface area contributed by atoms with E-state index in [0.29, 0.717) is 5.56 Å². The van der Waals surface area contributed by atoms with Crippen molar-refractivity contribution in [3.8, 4) is 6.07 Å². The lowest BCUT2D eigenvalue weighted by atomic mass is 9.98. The highest BCUT2D eigenvalue weighted by Crippen LogP contribution is 2.17. The van der Waals surface area contributed by atoms with Gasteiger partial charge in [0.15, 0.2) is 0 Å². The Morgan fingerprint density at radius 1 is 1.53 bits per heavy atom. The van der Waals surface area contributed by atoms with Crippen molar-refractivity contribution in [2.45, 2.75) is 12.8 Å². The molecule has 2 heterocycles. The van der Waals surface area contributed by atoms with Crippen LogP contribution in [0, 0.1) is 17.2 Å². The lowest BCUT2D eigenvalue weighted by Crippen LogP contribution is -2.34. The summed E-state index contributed by atoms with van der Waals surface area (Å²) in [7, 11) is 2.05. The molecule has 0 aromatic carbocycles. The van der Waals surface area contributed by atoms with E-state index in [4.69, 9.17) is 5.26 Å². The normalized spacial score (nSPS) is 16.5. The van der Waals surface area contributed by atoms with Crippen molar-refractivity contribution in [3.63, 3.8) is 0 Å². The second kappa shape index (κ2) is 5.65. The summed E-state index contributed by atoms with van der Waals surface area (Å²) >= 11 is 0. The Kier molecular flexibility index (Phi) is 3.94. The zero-order valence-electron chi connectivity index (χ0n) is 10.2. The van der Waals surface area contributed by atoms with Gasteiger partial charge in [-0.3, -0.25) is 0 Å². The van der Waals surface area contributed by atoms with Gasteiger partial charge in [-0.25, -0.2) is 4.98 Å². The van der Waals surface area contributed by atoms with Crippen LogP contribution in [0.5, 0.6) is 0 Å². The Bertz CT molecular complexity index is 404. The van der Waals surface area contributed by atoms with Crippen LogP contribution >= 0.6 is 0 Å². The standard InChI is InChI=1S/C13H18N4/c1-17(10-11-2-5-15-6-3-11)13-8-12(9-14)4-7-16-13/h4,7-8,11,15H,2-3,5-6,10H2,1H3. The average Bonchev–Trinajstić information content (AvgIpc) is 2.40. The van der Waals surface area contributed by atoms with Crippen LogP contribution in [-0.4, -0.2) is 31.7 Å². The van der Waals surface area contributed by atoms with Crippen molar-refractivity contribution in [2.24, 2.45) is 5.92 Å². The van der Waals surface area contributed by atoms with Crippen LogP contribution in [-0.2, 0) is 0 Å². The summed E-state index contributed by atoms with van der Waals surface area (Å²) in [6.45, 7) is 3.25. The third-order valence-electron chi connectivity index (χ3n) is 3.26. The molecule has 90 valence electrons. The van der Waals surface area contributed by atoms with E-state index in [-0.39, 0.29) is 0 Å². The fourth-order valence-electron chi connectivity index (χ4n) is 2.24. The second-order valence-corrected chi connectivity index (χ2v) is 4.59. The molecule has 1 aromatic heterocycles. The lowest BCUT2D eigenvalue weighted by molar-refractivity contribution is 0.377. The van der Waals surface area contributed by atoms with Gasteiger partial charge in [0.2, 0.25) is 0 Å². The molecule has 0 bridgehead atoms. The van der Waals surface area contributed by atoms with Gasteiger partial charge in [0, 0.05) is 19.8 Å². The van der Waals surface area contributed by atoms with Gasteiger partial charge in [-0.1, -0.05) is 0 Å². The van der Waals surface area contributed by atoms with Crippen LogP contribution in [0.4, 0.5) is 5.82 Å². The Labute approximate surface area is 102 Å². The van der Waals surface area contributed by atoms with Gasteiger partial charge < -0.3 is 10.2 Å². The molecule has 1 N–H and O–H groups in total. The summed E-state index contributed by atoms with van der Waals surface area (Å²) < 4.78 is 0. The minimum Gasteiger partial charge on any atom is -0.359 e. The SMILES string of the molecule is CN(CC1CCNCC1)c1cc(C#N)ccn1. The molecule has 1 saturated heterocycles. The molecule has 0 saturated carbocycles. The molecular weight excluding hydrogens is 212 g/mol. The number of nitriles is 1. The molecule has 1 aromatic rings. The fourth-order valence-corrected chi connectivity index (χ4v) is 2.24. The van der Waals surface area contributed by atoms with E-state index in [1.54, 1.807) is 12.3 Å². The van der Waals surface area contributed by atoms with Crippen molar-refractivity contribution >= 4 is 5.82 Å². The number of rotatable bonds is 3. The predicted octanol–water partition coefficient (Wildman–Crippen LogP) is 1.39. The lowest BCUT2D eigenvalue weighted by Gasteiger charge is -2.28. The minimum atomic E-state index is 0.673. The summed E-state index contributed by atoms with van der Waals surface area (Å²) in [4.78, 5) is 6.46. The number of nitrogens with zero attached hydrogens (tertiary/aromatic N) is 3. The highest BCUT2D eigenvalue weighted by molar-refractivity contribution is 5.44. The van der Waals surface area contributed by atoms with Crippen LogP contribution in [0.15, 0.2) is 18.3 Å². The Morgan fingerprint density at radius 3 is 3.00 bits per heavy atom. The van der Waals surface area contributed by atoms with Crippen LogP contribution < -0.4 is 10.2 Å². The van der Waals surface area contributed by atoms with Crippen LogP contribution in [0.3, 0.4) is 0 Å². The predicted molar refractivity (Wildman–Crippen MR) is 67.8 cm³/mol. The topological polar surface area (TPSA) is 52.0 Å². The number of hydrogen-bond acceptors (Lipinski definition) is 4. The number of nitrogens with one attached hydrogen (secondary N) is 1. The molecule has 4 nitrogen and oxygen atoms in total. The molecule has 2 rings (SSSR count). The fraction of sp³-hybridized carbons (Fsp3) is 0.538. The largest absolute Gasteiger partial charge is 0.359 e. The third kappa shape index (κ3) is 3.18. The van der Waals surface area contributed by atoms with Gasteiger partial charge in [-0.15, -0.1) is 0 Å². The highest BCUT2D eigenvalue weighted by Gasteiger charge is 2.15. The molecule has 4 heteroatoms. The number of anilines is 1. The zero-order valence-corrected chi connectivity index (χ0v) is 10.2. The molecule has 17 heavy (non-hydrogen) atoms. The zero-order chi connectivity index (χ0) is 12.1. The van der Waals surface area contributed by atoms with Crippen LogP contribution in [0.2, 0.25) is 0 Å². The first-order chi connectivity index (χ1) is 8.29. The first-order valence-corrected chi connectivity index (χ1v) is 6.07. The first kappa shape index (κ1) is 11.9. The molecular formula is C13H18N4. The van der Waals surface area contributed by atoms with E-state index in [9.17, 15) is 0 Å². The summed E-state index contributed by atoms with van der Waals surface area (Å²) in [6.07, 6.45) is 4.15. The van der Waals surface area contributed by atoms with Gasteiger partial charge in [0.05, 0.1) is 11.6 Å². The quantitative estimate of drug-likeness (QED) is 0.852. The van der Waals surface area contributed by atoms with E-state index in [0.717, 1.165) is 31.4 Å². The van der Waals surface area contributed by atoms with Gasteiger partial charge in [0.25, 0.3) is 0 Å². The molecule has 0 radical (unpaired) electrons. The Balaban J connectivity index is 1.98. The van der Waals surface area contributed by atoms with Gasteiger partial charge >= 0.3 is 0 Å². The van der Waals surface area contributed by atoms with Crippen molar-refractivity contribution < 1.29 is 0 Å². The van der Waals surface area contributed by atoms with Gasteiger partial charge in [0.1, 0.15) is 5.82 Å². The molecule has 0 atom stereocenters. The Hall–Kier alpha value is -1.60. The number of aromatic nitrogens is 1. The van der Waals surface area contributed by atoms with Crippen molar-refractivity contribution in [3.05, 3.63) is 23.9 Å². The molecule has 0 spiro atoms. The summed E-state index contributed by atoms with van der Waals surface area (Å²) in [5.41, 5.74) is 0.673. The van der Waals surface area contributed by atoms with E-state index >= 15 is 0 Å². The molecule has 1 fully saturated rings. The number of pyridine rings is 1. The molecule has 0 amide bonds. The molecule has 1 aliphatic rings. The van der Waals surface area contributed by atoms with E-state index in [2.05, 4.69) is 21.3 Å². The maximum Gasteiger partial charge on any atom is 0.129 e. The second-order valence-electron chi connectivity index (χ2n) is 4.59. The van der Waals surface area contributed by atoms with Gasteiger partial charge in [-0.05, 0) is 44.0 Å². The molecule has 0 unspecified atom stereocenters.